The molecule has 0 atom stereocenters. The molecule has 2 N–H and O–H groups in total. The Morgan fingerprint density at radius 2 is 1.61 bits per heavy atom. The molecule has 0 unspecified atom stereocenters. The van der Waals surface area contributed by atoms with E-state index in [2.05, 4.69) is 5.32 Å². The van der Waals surface area contributed by atoms with Crippen molar-refractivity contribution in [1.29, 1.82) is 0 Å². The Kier molecular flexibility index (Phi) is 7.44. The summed E-state index contributed by atoms with van der Waals surface area (Å²) in [6.07, 6.45) is 0.506. The monoisotopic (exact) mass is 477 g/mol. The van der Waals surface area contributed by atoms with E-state index in [1.165, 1.54) is 19.2 Å². The number of ether oxygens (including phenoxy) is 1. The molecule has 0 saturated heterocycles. The first kappa shape index (κ1) is 22.9. The molecular weight excluding hydrogens is 461 g/mol. The maximum absolute atomic E-state index is 12.5. The molecule has 0 aromatic heterocycles. The predicted molar refractivity (Wildman–Crippen MR) is 123 cm³/mol. The highest BCUT2D eigenvalue weighted by molar-refractivity contribution is 6.39. The molecule has 0 heterocycles. The number of halogens is 3. The van der Waals surface area contributed by atoms with Crippen LogP contribution in [0.1, 0.15) is 26.3 Å². The fraction of sp³-hybridized carbons (Fsp3) is 0.130. The Morgan fingerprint density at radius 1 is 0.968 bits per heavy atom. The maximum atomic E-state index is 12.5. The standard InChI is InChI=1S/C23H18Cl3NO4/c1-31-20-7-6-16(24)12-17(20)22(28)27-9-8-13-10-18(25)21(19(26)11-13)14-2-4-15(5-3-14)23(29)30/h2-7,10-12H,8-9H2,1H3,(H,27,28)(H,29,30). The lowest BCUT2D eigenvalue weighted by molar-refractivity contribution is 0.0696. The van der Waals surface area contributed by atoms with Gasteiger partial charge in [-0.2, -0.15) is 0 Å². The summed E-state index contributed by atoms with van der Waals surface area (Å²) < 4.78 is 5.21. The predicted octanol–water partition coefficient (Wildman–Crippen LogP) is 5.99. The fourth-order valence-electron chi connectivity index (χ4n) is 3.10. The van der Waals surface area contributed by atoms with E-state index < -0.39 is 5.97 Å². The zero-order valence-corrected chi connectivity index (χ0v) is 18.7. The lowest BCUT2D eigenvalue weighted by atomic mass is 10.0. The normalized spacial score (nSPS) is 10.6. The van der Waals surface area contributed by atoms with Gasteiger partial charge in [-0.1, -0.05) is 46.9 Å². The van der Waals surface area contributed by atoms with Gasteiger partial charge in [-0.25, -0.2) is 4.79 Å². The fourth-order valence-corrected chi connectivity index (χ4v) is 4.02. The summed E-state index contributed by atoms with van der Waals surface area (Å²) in [5.74, 6) is -0.866. The molecule has 31 heavy (non-hydrogen) atoms. The summed E-state index contributed by atoms with van der Waals surface area (Å²) in [6, 6.07) is 14.7. The molecule has 160 valence electrons. The van der Waals surface area contributed by atoms with Gasteiger partial charge in [0.2, 0.25) is 0 Å². The molecule has 0 aliphatic rings. The van der Waals surface area contributed by atoms with Gasteiger partial charge >= 0.3 is 5.97 Å². The van der Waals surface area contributed by atoms with Crippen LogP contribution in [0.15, 0.2) is 54.6 Å². The molecule has 0 aliphatic carbocycles. The Hall–Kier alpha value is -2.73. The van der Waals surface area contributed by atoms with Crippen LogP contribution >= 0.6 is 34.8 Å². The van der Waals surface area contributed by atoms with E-state index in [0.29, 0.717) is 50.5 Å². The minimum absolute atomic E-state index is 0.180. The third-order valence-corrected chi connectivity index (χ3v) is 5.46. The van der Waals surface area contributed by atoms with Crippen LogP contribution in [0.5, 0.6) is 5.75 Å². The molecule has 3 aromatic carbocycles. The topological polar surface area (TPSA) is 75.6 Å². The number of hydrogen-bond donors (Lipinski definition) is 2. The van der Waals surface area contributed by atoms with Crippen LogP contribution in [0, 0.1) is 0 Å². The number of carbonyl (C=O) groups excluding carboxylic acids is 1. The Bertz CT molecular complexity index is 1110. The number of carbonyl (C=O) groups is 2. The molecule has 0 radical (unpaired) electrons. The number of rotatable bonds is 7. The molecule has 0 saturated carbocycles. The second-order valence-corrected chi connectivity index (χ2v) is 7.92. The van der Waals surface area contributed by atoms with Crippen LogP contribution in [-0.2, 0) is 6.42 Å². The zero-order chi connectivity index (χ0) is 22.5. The lowest BCUT2D eigenvalue weighted by Crippen LogP contribution is -2.26. The smallest absolute Gasteiger partial charge is 0.335 e. The minimum atomic E-state index is -1.00. The number of carboxylic acid groups (broad SMARTS) is 1. The van der Waals surface area contributed by atoms with Crippen LogP contribution in [-0.4, -0.2) is 30.6 Å². The molecular formula is C23H18Cl3NO4. The maximum Gasteiger partial charge on any atom is 0.335 e. The van der Waals surface area contributed by atoms with Crippen molar-refractivity contribution in [2.45, 2.75) is 6.42 Å². The molecule has 0 bridgehead atoms. The number of methoxy groups -OCH3 is 1. The summed E-state index contributed by atoms with van der Waals surface area (Å²) in [5, 5.41) is 13.2. The van der Waals surface area contributed by atoms with E-state index in [9.17, 15) is 9.59 Å². The SMILES string of the molecule is COc1ccc(Cl)cc1C(=O)NCCc1cc(Cl)c(-c2ccc(C(=O)O)cc2)c(Cl)c1. The molecule has 0 fully saturated rings. The number of nitrogens with one attached hydrogen (secondary N) is 1. The third kappa shape index (κ3) is 5.50. The number of benzene rings is 3. The van der Waals surface area contributed by atoms with E-state index in [1.54, 1.807) is 42.5 Å². The van der Waals surface area contributed by atoms with Crippen molar-refractivity contribution in [2.24, 2.45) is 0 Å². The van der Waals surface area contributed by atoms with Crippen molar-refractivity contribution in [1.82, 2.24) is 5.32 Å². The van der Waals surface area contributed by atoms with Crippen LogP contribution in [0.2, 0.25) is 15.1 Å². The largest absolute Gasteiger partial charge is 0.496 e. The van der Waals surface area contributed by atoms with Crippen LogP contribution in [0.3, 0.4) is 0 Å². The first-order valence-electron chi connectivity index (χ1n) is 9.23. The van der Waals surface area contributed by atoms with Gasteiger partial charge in [0.1, 0.15) is 5.75 Å². The number of amides is 1. The van der Waals surface area contributed by atoms with Crippen LogP contribution in [0.25, 0.3) is 11.1 Å². The Labute approximate surface area is 194 Å². The number of aromatic carboxylic acids is 1. The van der Waals surface area contributed by atoms with Gasteiger partial charge in [0, 0.05) is 17.1 Å². The average molecular weight is 479 g/mol. The lowest BCUT2D eigenvalue weighted by Gasteiger charge is -2.12. The summed E-state index contributed by atoms with van der Waals surface area (Å²) in [6.45, 7) is 0.355. The first-order chi connectivity index (χ1) is 14.8. The zero-order valence-electron chi connectivity index (χ0n) is 16.4. The summed E-state index contributed by atoms with van der Waals surface area (Å²) in [4.78, 5) is 23.5. The van der Waals surface area contributed by atoms with E-state index in [-0.39, 0.29) is 11.5 Å². The van der Waals surface area contributed by atoms with Gasteiger partial charge in [-0.05, 0) is 60.0 Å². The van der Waals surface area contributed by atoms with Crippen LogP contribution in [0.4, 0.5) is 0 Å². The van der Waals surface area contributed by atoms with E-state index in [4.69, 9.17) is 44.6 Å². The molecule has 1 amide bonds. The molecule has 0 aliphatic heterocycles. The molecule has 5 nitrogen and oxygen atoms in total. The molecule has 3 rings (SSSR count). The highest BCUT2D eigenvalue weighted by Crippen LogP contribution is 2.36. The van der Waals surface area contributed by atoms with Crippen molar-refractivity contribution in [3.63, 3.8) is 0 Å². The highest BCUT2D eigenvalue weighted by atomic mass is 35.5. The minimum Gasteiger partial charge on any atom is -0.496 e. The van der Waals surface area contributed by atoms with Crippen molar-refractivity contribution in [3.05, 3.63) is 86.4 Å². The van der Waals surface area contributed by atoms with Crippen LogP contribution < -0.4 is 10.1 Å². The van der Waals surface area contributed by atoms with E-state index >= 15 is 0 Å². The number of carboxylic acids is 1. The summed E-state index contributed by atoms with van der Waals surface area (Å²) >= 11 is 18.9. The summed E-state index contributed by atoms with van der Waals surface area (Å²) in [5.41, 5.74) is 2.72. The van der Waals surface area contributed by atoms with Gasteiger partial charge < -0.3 is 15.2 Å². The third-order valence-electron chi connectivity index (χ3n) is 4.63. The Morgan fingerprint density at radius 3 is 2.19 bits per heavy atom. The summed E-state index contributed by atoms with van der Waals surface area (Å²) in [7, 11) is 1.49. The van der Waals surface area contributed by atoms with E-state index in [0.717, 1.165) is 5.56 Å². The van der Waals surface area contributed by atoms with Crippen molar-refractivity contribution in [3.8, 4) is 16.9 Å². The van der Waals surface area contributed by atoms with Crippen molar-refractivity contribution in [2.75, 3.05) is 13.7 Å². The second-order valence-electron chi connectivity index (χ2n) is 6.67. The average Bonchev–Trinajstić information content (AvgIpc) is 2.73. The van der Waals surface area contributed by atoms with Gasteiger partial charge in [0.15, 0.2) is 0 Å². The highest BCUT2D eigenvalue weighted by Gasteiger charge is 2.14. The van der Waals surface area contributed by atoms with Gasteiger partial charge in [-0.3, -0.25) is 4.79 Å². The first-order valence-corrected chi connectivity index (χ1v) is 10.4. The van der Waals surface area contributed by atoms with Crippen molar-refractivity contribution >= 4 is 46.7 Å². The van der Waals surface area contributed by atoms with Crippen molar-refractivity contribution < 1.29 is 19.4 Å². The van der Waals surface area contributed by atoms with Gasteiger partial charge in [0.25, 0.3) is 5.91 Å². The Balaban J connectivity index is 1.70. The second kappa shape index (κ2) is 10.1. The van der Waals surface area contributed by atoms with Gasteiger partial charge in [0.05, 0.1) is 28.3 Å². The molecule has 3 aromatic rings. The molecule has 8 heteroatoms. The van der Waals surface area contributed by atoms with Gasteiger partial charge in [-0.15, -0.1) is 0 Å². The molecule has 0 spiro atoms. The van der Waals surface area contributed by atoms with E-state index in [1.807, 2.05) is 0 Å². The number of hydrogen-bond acceptors (Lipinski definition) is 3. The quantitative estimate of drug-likeness (QED) is 0.437.